The van der Waals surface area contributed by atoms with Crippen LogP contribution in [0.2, 0.25) is 0 Å². The lowest BCUT2D eigenvalue weighted by Crippen LogP contribution is -2.47. The van der Waals surface area contributed by atoms with E-state index in [4.69, 9.17) is 4.74 Å². The monoisotopic (exact) mass is 1430 g/mol. The fourth-order valence-corrected chi connectivity index (χ4v) is 14.7. The molecule has 578 valence electrons. The van der Waals surface area contributed by atoms with Gasteiger partial charge in [0.25, 0.3) is 0 Å². The average Bonchev–Trinajstić information content (AvgIpc) is 1.06. The van der Waals surface area contributed by atoms with Gasteiger partial charge in [0, 0.05) is 83.4 Å². The van der Waals surface area contributed by atoms with Crippen LogP contribution in [0.1, 0.15) is 310 Å². The van der Waals surface area contributed by atoms with E-state index in [1.165, 1.54) is 116 Å². The lowest BCUT2D eigenvalue weighted by Gasteiger charge is -2.34. The van der Waals surface area contributed by atoms with Gasteiger partial charge in [0.15, 0.2) is 0 Å². The zero-order valence-electron chi connectivity index (χ0n) is 65.3. The Balaban J connectivity index is 2.48. The number of rotatable bonds is 74. The van der Waals surface area contributed by atoms with Crippen molar-refractivity contribution in [3.8, 4) is 0 Å². The topological polar surface area (TPSA) is 120 Å². The standard InChI is InChI=1S/C88H158N4O6S2/c1-5-9-13-17-21-25-29-33-37-41-45-49-53-57-64-84(93)80-91(81-85(94)65-58-54-50-46-42-38-34-30-26-22-18-14-10-6-2)69-61-62-78-99-100-79-76-90-73-71-89(72-74-90)75-77-98-88(97)68-63-70-92(82-86(95)66-59-55-51-47-43-39-35-31-27-23-19-15-11-7-3)83-87(96)67-60-56-52-48-44-40-36-32-28-24-20-16-12-8-4/h11-12,15-16,21-28,33-40,84-87,93-96H,5-10,13-14,17-20,29-32,41-83H2,1-4H3/b15-11-,16-12-,25-21-,26-22-,27-23-,28-24-,37-33-,38-34-,39-35-,40-36-/t84-,85-,86+,87+/m0/s1. The van der Waals surface area contributed by atoms with E-state index in [1.54, 1.807) is 0 Å². The van der Waals surface area contributed by atoms with E-state index in [2.05, 4.69) is 169 Å². The van der Waals surface area contributed by atoms with Gasteiger partial charge in [-0.1, -0.05) is 274 Å². The molecule has 1 saturated heterocycles. The highest BCUT2D eigenvalue weighted by Crippen LogP contribution is 2.24. The Bertz CT molecular complexity index is 1940. The molecule has 4 N–H and O–H groups in total. The second-order valence-corrected chi connectivity index (χ2v) is 31.1. The predicted molar refractivity (Wildman–Crippen MR) is 443 cm³/mol. The van der Waals surface area contributed by atoms with E-state index in [1.807, 2.05) is 21.6 Å². The SMILES string of the molecule is CC/C=C\C/C=C\C/C=C\CCCCCC[C@@H](O)CN(CCCC(=O)OCCN1CCN(CCSSCCCCN(C[C@@H](O)CCCCCC/C=C\C/C=C\CCCCC)C[C@@H](O)CCCCCC/C=C\C/C=C\CCCCC)CC1)C[C@H](O)CCCCCC/C=C\C/C=C\C/C=C\CC. The third kappa shape index (κ3) is 69.6. The Labute approximate surface area is 626 Å². The number of aliphatic hydroxyl groups is 4. The number of nitrogens with zero attached hydrogens (tertiary/aromatic N) is 4. The molecule has 1 fully saturated rings. The smallest absolute Gasteiger partial charge is 0.305 e. The Hall–Kier alpha value is -2.75. The Morgan fingerprint density at radius 3 is 1.00 bits per heavy atom. The van der Waals surface area contributed by atoms with E-state index in [-0.39, 0.29) is 18.2 Å². The van der Waals surface area contributed by atoms with Crippen molar-refractivity contribution in [1.29, 1.82) is 0 Å². The van der Waals surface area contributed by atoms with E-state index in [0.29, 0.717) is 52.2 Å². The lowest BCUT2D eigenvalue weighted by atomic mass is 10.1. The number of carbonyl (C=O) groups excluding carboxylic acids is 1. The summed E-state index contributed by atoms with van der Waals surface area (Å²) in [6.07, 6.45) is 91.5. The van der Waals surface area contributed by atoms with Crippen molar-refractivity contribution in [2.24, 2.45) is 0 Å². The molecule has 10 nitrogen and oxygen atoms in total. The molecule has 0 aromatic carbocycles. The van der Waals surface area contributed by atoms with Gasteiger partial charge in [0.2, 0.25) is 0 Å². The number of aliphatic hydroxyl groups excluding tert-OH is 4. The summed E-state index contributed by atoms with van der Waals surface area (Å²) in [5.74, 6) is 2.06. The van der Waals surface area contributed by atoms with Gasteiger partial charge >= 0.3 is 5.97 Å². The number of allylic oxidation sites excluding steroid dienone is 20. The largest absolute Gasteiger partial charge is 0.464 e. The number of hydrogen-bond donors (Lipinski definition) is 4. The van der Waals surface area contributed by atoms with Crippen LogP contribution in [0, 0.1) is 0 Å². The first-order valence-electron chi connectivity index (χ1n) is 41.7. The van der Waals surface area contributed by atoms with Gasteiger partial charge in [-0.15, -0.1) is 0 Å². The van der Waals surface area contributed by atoms with Gasteiger partial charge in [-0.2, -0.15) is 0 Å². The van der Waals surface area contributed by atoms with Crippen molar-refractivity contribution < 1.29 is 30.0 Å². The molecule has 1 rings (SSSR count). The van der Waals surface area contributed by atoms with Gasteiger partial charge in [-0.05, 0) is 186 Å². The molecule has 1 aliphatic heterocycles. The average molecular weight is 1430 g/mol. The van der Waals surface area contributed by atoms with Crippen LogP contribution in [0.5, 0.6) is 0 Å². The molecule has 0 amide bonds. The van der Waals surface area contributed by atoms with Crippen LogP contribution in [0.4, 0.5) is 0 Å². The summed E-state index contributed by atoms with van der Waals surface area (Å²) < 4.78 is 5.77. The van der Waals surface area contributed by atoms with Crippen LogP contribution in [0.3, 0.4) is 0 Å². The van der Waals surface area contributed by atoms with Crippen LogP contribution < -0.4 is 0 Å². The quantitative estimate of drug-likeness (QED) is 0.0201. The summed E-state index contributed by atoms with van der Waals surface area (Å²) in [4.78, 5) is 22.5. The van der Waals surface area contributed by atoms with E-state index in [0.717, 1.165) is 211 Å². The van der Waals surface area contributed by atoms with Gasteiger partial charge < -0.3 is 25.2 Å². The molecule has 0 radical (unpaired) electrons. The van der Waals surface area contributed by atoms with Crippen LogP contribution in [0.25, 0.3) is 0 Å². The number of hydrogen-bond acceptors (Lipinski definition) is 12. The molecule has 4 atom stereocenters. The second kappa shape index (κ2) is 77.4. The fraction of sp³-hybridized carbons (Fsp3) is 0.761. The molecular weight excluding hydrogens is 1270 g/mol. The number of carbonyl (C=O) groups is 1. The molecular formula is C88H158N4O6S2. The minimum Gasteiger partial charge on any atom is -0.464 e. The Morgan fingerprint density at radius 2 is 0.650 bits per heavy atom. The van der Waals surface area contributed by atoms with E-state index in [9.17, 15) is 25.2 Å². The van der Waals surface area contributed by atoms with Crippen molar-refractivity contribution >= 4 is 27.6 Å². The van der Waals surface area contributed by atoms with Gasteiger partial charge in [-0.3, -0.25) is 24.4 Å². The first kappa shape index (κ1) is 95.3. The zero-order chi connectivity index (χ0) is 72.2. The maximum absolute atomic E-state index is 13.0. The van der Waals surface area contributed by atoms with Crippen molar-refractivity contribution in [3.63, 3.8) is 0 Å². The Morgan fingerprint density at radius 1 is 0.350 bits per heavy atom. The molecule has 0 aliphatic carbocycles. The molecule has 12 heteroatoms. The van der Waals surface area contributed by atoms with Gasteiger partial charge in [0.1, 0.15) is 6.61 Å². The second-order valence-electron chi connectivity index (χ2n) is 28.4. The molecule has 0 bridgehead atoms. The van der Waals surface area contributed by atoms with Crippen LogP contribution in [-0.4, -0.2) is 167 Å². The minimum atomic E-state index is -0.451. The highest BCUT2D eigenvalue weighted by molar-refractivity contribution is 8.76. The fourth-order valence-electron chi connectivity index (χ4n) is 12.6. The first-order chi connectivity index (χ1) is 49.2. The third-order valence-corrected chi connectivity index (χ3v) is 21.2. The summed E-state index contributed by atoms with van der Waals surface area (Å²) >= 11 is 0. The maximum Gasteiger partial charge on any atom is 0.305 e. The summed E-state index contributed by atoms with van der Waals surface area (Å²) in [6.45, 7) is 19.1. The van der Waals surface area contributed by atoms with Crippen molar-refractivity contribution in [2.45, 2.75) is 335 Å². The van der Waals surface area contributed by atoms with Crippen molar-refractivity contribution in [2.75, 3.05) is 96.6 Å². The van der Waals surface area contributed by atoms with Crippen molar-refractivity contribution in [1.82, 2.24) is 19.6 Å². The molecule has 1 aliphatic rings. The van der Waals surface area contributed by atoms with E-state index >= 15 is 0 Å². The van der Waals surface area contributed by atoms with Crippen LogP contribution >= 0.6 is 21.6 Å². The summed E-state index contributed by atoms with van der Waals surface area (Å²) in [6, 6.07) is 0. The Kier molecular flexibility index (Phi) is 73.7. The molecule has 0 saturated carbocycles. The summed E-state index contributed by atoms with van der Waals surface area (Å²) in [5.41, 5.74) is 0. The molecule has 1 heterocycles. The van der Waals surface area contributed by atoms with Gasteiger partial charge in [0.05, 0.1) is 24.4 Å². The van der Waals surface area contributed by atoms with E-state index < -0.39 is 12.2 Å². The summed E-state index contributed by atoms with van der Waals surface area (Å²) in [5, 5.41) is 44.8. The summed E-state index contributed by atoms with van der Waals surface area (Å²) in [7, 11) is 3.97. The minimum absolute atomic E-state index is 0.160. The predicted octanol–water partition coefficient (Wildman–Crippen LogP) is 22.4. The molecule has 0 aromatic rings. The third-order valence-electron chi connectivity index (χ3n) is 18.7. The maximum atomic E-state index is 13.0. The molecule has 0 spiro atoms. The van der Waals surface area contributed by atoms with Gasteiger partial charge in [-0.25, -0.2) is 0 Å². The van der Waals surface area contributed by atoms with Crippen LogP contribution in [-0.2, 0) is 9.53 Å². The number of ether oxygens (including phenoxy) is 1. The lowest BCUT2D eigenvalue weighted by molar-refractivity contribution is -0.144. The molecule has 100 heavy (non-hydrogen) atoms. The highest BCUT2D eigenvalue weighted by atomic mass is 33.1. The normalized spacial score (nSPS) is 15.3. The van der Waals surface area contributed by atoms with Crippen LogP contribution in [0.15, 0.2) is 122 Å². The number of piperazine rings is 1. The number of esters is 1. The molecule has 0 aromatic heterocycles. The zero-order valence-corrected chi connectivity index (χ0v) is 66.9. The molecule has 0 unspecified atom stereocenters. The van der Waals surface area contributed by atoms with Crippen molar-refractivity contribution in [3.05, 3.63) is 122 Å². The first-order valence-corrected chi connectivity index (χ1v) is 44.2. The number of unbranched alkanes of at least 4 members (excludes halogenated alkanes) is 23. The highest BCUT2D eigenvalue weighted by Gasteiger charge is 2.20.